The van der Waals surface area contributed by atoms with Gasteiger partial charge in [-0.3, -0.25) is 10.2 Å². The number of hydrogen-bond donors (Lipinski definition) is 2. The largest absolute Gasteiger partial charge is 0.281 e. The summed E-state index contributed by atoms with van der Waals surface area (Å²) in [6.45, 7) is 2.13. The summed E-state index contributed by atoms with van der Waals surface area (Å²) in [7, 11) is 0. The van der Waals surface area contributed by atoms with Gasteiger partial charge in [0.25, 0.3) is 0 Å². The van der Waals surface area contributed by atoms with E-state index < -0.39 is 0 Å². The summed E-state index contributed by atoms with van der Waals surface area (Å²) in [6.07, 6.45) is 2.06. The Morgan fingerprint density at radius 2 is 2.36 bits per heavy atom. The number of aryl methyl sites for hydroxylation is 1. The highest BCUT2D eigenvalue weighted by atomic mass is 32.1. The van der Waals surface area contributed by atoms with E-state index in [0.29, 0.717) is 4.77 Å². The predicted octanol–water partition coefficient (Wildman–Crippen LogP) is 2.54. The average Bonchev–Trinajstić information content (AvgIpc) is 2.74. The molecule has 0 spiro atoms. The molecule has 6 heteroatoms. The molecule has 0 bridgehead atoms. The number of nitrogens with zero attached hydrogens (tertiary/aromatic N) is 2. The first kappa shape index (κ1) is 9.54. The zero-order valence-electron chi connectivity index (χ0n) is 7.70. The number of hydrogen-bond acceptors (Lipinski definition) is 4. The van der Waals surface area contributed by atoms with Crippen LogP contribution in [-0.4, -0.2) is 20.2 Å². The Labute approximate surface area is 90.4 Å². The molecule has 0 aliphatic carbocycles. The second kappa shape index (κ2) is 4.02. The van der Waals surface area contributed by atoms with E-state index in [2.05, 4.69) is 27.1 Å². The molecule has 2 aromatic heterocycles. The van der Waals surface area contributed by atoms with Crippen LogP contribution < -0.4 is 0 Å². The normalized spacial score (nSPS) is 10.6. The maximum Gasteiger partial charge on any atom is 0.213 e. The molecule has 0 unspecified atom stereocenters. The molecule has 0 radical (unpaired) electrons. The molecule has 4 nitrogen and oxygen atoms in total. The van der Waals surface area contributed by atoms with Gasteiger partial charge in [0, 0.05) is 0 Å². The molecule has 2 rings (SSSR count). The van der Waals surface area contributed by atoms with Crippen LogP contribution in [0.15, 0.2) is 5.51 Å². The molecule has 0 aromatic carbocycles. The van der Waals surface area contributed by atoms with Gasteiger partial charge in [0.1, 0.15) is 0 Å². The van der Waals surface area contributed by atoms with Crippen LogP contribution in [-0.2, 0) is 6.42 Å². The minimum absolute atomic E-state index is 0.482. The summed E-state index contributed by atoms with van der Waals surface area (Å²) >= 11 is 6.49. The Hall–Kier alpha value is -1.01. The third-order valence-electron chi connectivity index (χ3n) is 1.84. The van der Waals surface area contributed by atoms with Crippen molar-refractivity contribution in [3.63, 3.8) is 0 Å². The van der Waals surface area contributed by atoms with Crippen molar-refractivity contribution in [2.75, 3.05) is 0 Å². The topological polar surface area (TPSA) is 57.4 Å². The fraction of sp³-hybridized carbons (Fsp3) is 0.375. The molecule has 2 aromatic rings. The molecule has 0 fully saturated rings. The SMILES string of the molecule is CCCc1ncsc1-c1nc(=S)[nH][nH]1. The summed E-state index contributed by atoms with van der Waals surface area (Å²) in [5.41, 5.74) is 2.93. The fourth-order valence-corrected chi connectivity index (χ4v) is 2.18. The zero-order chi connectivity index (χ0) is 9.97. The summed E-state index contributed by atoms with van der Waals surface area (Å²) in [5.74, 6) is 0.793. The lowest BCUT2D eigenvalue weighted by molar-refractivity contribution is 0.892. The predicted molar refractivity (Wildman–Crippen MR) is 58.9 cm³/mol. The van der Waals surface area contributed by atoms with Crippen LogP contribution in [0.2, 0.25) is 0 Å². The van der Waals surface area contributed by atoms with Gasteiger partial charge >= 0.3 is 0 Å². The molecule has 14 heavy (non-hydrogen) atoms. The maximum absolute atomic E-state index is 4.90. The summed E-state index contributed by atoms with van der Waals surface area (Å²) in [4.78, 5) is 9.55. The zero-order valence-corrected chi connectivity index (χ0v) is 9.34. The molecule has 2 N–H and O–H groups in total. The quantitative estimate of drug-likeness (QED) is 0.791. The number of aromatic nitrogens is 4. The third kappa shape index (κ3) is 1.76. The van der Waals surface area contributed by atoms with Crippen molar-refractivity contribution in [3.8, 4) is 10.7 Å². The second-order valence-corrected chi connectivity index (χ2v) is 4.14. The van der Waals surface area contributed by atoms with Gasteiger partial charge in [0.15, 0.2) is 5.82 Å². The van der Waals surface area contributed by atoms with E-state index in [1.165, 1.54) is 0 Å². The minimum atomic E-state index is 0.482. The van der Waals surface area contributed by atoms with Crippen molar-refractivity contribution in [2.45, 2.75) is 19.8 Å². The first-order chi connectivity index (χ1) is 6.81. The van der Waals surface area contributed by atoms with Crippen LogP contribution in [0.1, 0.15) is 19.0 Å². The number of nitrogens with one attached hydrogen (secondary N) is 2. The van der Waals surface area contributed by atoms with Crippen molar-refractivity contribution >= 4 is 23.6 Å². The highest BCUT2D eigenvalue weighted by Crippen LogP contribution is 2.24. The van der Waals surface area contributed by atoms with E-state index in [4.69, 9.17) is 12.2 Å². The highest BCUT2D eigenvalue weighted by Gasteiger charge is 2.09. The van der Waals surface area contributed by atoms with Crippen molar-refractivity contribution < 1.29 is 0 Å². The number of thiazole rings is 1. The van der Waals surface area contributed by atoms with Gasteiger partial charge in [0.05, 0.1) is 16.1 Å². The maximum atomic E-state index is 4.90. The number of rotatable bonds is 3. The molecule has 0 saturated heterocycles. The first-order valence-electron chi connectivity index (χ1n) is 4.38. The monoisotopic (exact) mass is 226 g/mol. The smallest absolute Gasteiger partial charge is 0.213 e. The van der Waals surface area contributed by atoms with Gasteiger partial charge in [-0.15, -0.1) is 11.3 Å². The van der Waals surface area contributed by atoms with E-state index in [1.807, 2.05) is 5.51 Å². The molecule has 0 saturated carbocycles. The van der Waals surface area contributed by atoms with Crippen LogP contribution >= 0.6 is 23.6 Å². The number of aromatic amines is 2. The van der Waals surface area contributed by atoms with Gasteiger partial charge in [-0.2, -0.15) is 4.98 Å². The van der Waals surface area contributed by atoms with E-state index in [0.717, 1.165) is 29.2 Å². The van der Waals surface area contributed by atoms with Crippen molar-refractivity contribution in [1.29, 1.82) is 0 Å². The Bertz CT molecular complexity index is 467. The standard InChI is InChI=1S/C8H10N4S2/c1-2-3-5-6(14-4-9-5)7-10-8(13)12-11-7/h4H,2-3H2,1H3,(H2,10,11,12,13). The molecule has 74 valence electrons. The van der Waals surface area contributed by atoms with E-state index in [9.17, 15) is 0 Å². The van der Waals surface area contributed by atoms with Gasteiger partial charge < -0.3 is 0 Å². The molecule has 0 aliphatic heterocycles. The van der Waals surface area contributed by atoms with E-state index >= 15 is 0 Å². The van der Waals surface area contributed by atoms with Crippen LogP contribution in [0.4, 0.5) is 0 Å². The molecule has 0 aliphatic rings. The lowest BCUT2D eigenvalue weighted by Crippen LogP contribution is -1.87. The Morgan fingerprint density at radius 1 is 1.50 bits per heavy atom. The van der Waals surface area contributed by atoms with Crippen LogP contribution in [0, 0.1) is 4.77 Å². The van der Waals surface area contributed by atoms with Gasteiger partial charge in [-0.1, -0.05) is 13.3 Å². The van der Waals surface area contributed by atoms with Crippen LogP contribution in [0.5, 0.6) is 0 Å². The average molecular weight is 226 g/mol. The molecular formula is C8H10N4S2. The molecule has 0 amide bonds. The van der Waals surface area contributed by atoms with E-state index in [1.54, 1.807) is 11.3 Å². The third-order valence-corrected chi connectivity index (χ3v) is 2.91. The Balaban J connectivity index is 2.40. The van der Waals surface area contributed by atoms with Gasteiger partial charge in [0.2, 0.25) is 4.77 Å². The molecule has 0 atom stereocenters. The lowest BCUT2D eigenvalue weighted by atomic mass is 10.2. The lowest BCUT2D eigenvalue weighted by Gasteiger charge is -1.95. The van der Waals surface area contributed by atoms with E-state index in [-0.39, 0.29) is 0 Å². The molecule has 2 heterocycles. The van der Waals surface area contributed by atoms with Gasteiger partial charge in [-0.05, 0) is 18.6 Å². The minimum Gasteiger partial charge on any atom is -0.281 e. The van der Waals surface area contributed by atoms with Crippen molar-refractivity contribution in [2.24, 2.45) is 0 Å². The first-order valence-corrected chi connectivity index (χ1v) is 5.67. The summed E-state index contributed by atoms with van der Waals surface area (Å²) in [6, 6.07) is 0. The van der Waals surface area contributed by atoms with Crippen LogP contribution in [0.3, 0.4) is 0 Å². The second-order valence-electron chi connectivity index (χ2n) is 2.89. The van der Waals surface area contributed by atoms with Crippen molar-refractivity contribution in [3.05, 3.63) is 16.0 Å². The molecular weight excluding hydrogens is 216 g/mol. The summed E-state index contributed by atoms with van der Waals surface area (Å²) < 4.78 is 0.482. The van der Waals surface area contributed by atoms with Crippen LogP contribution in [0.25, 0.3) is 10.7 Å². The fourth-order valence-electron chi connectivity index (χ4n) is 1.25. The highest BCUT2D eigenvalue weighted by molar-refractivity contribution is 7.71. The van der Waals surface area contributed by atoms with Crippen molar-refractivity contribution in [1.82, 2.24) is 20.2 Å². The number of H-pyrrole nitrogens is 2. The Morgan fingerprint density at radius 3 is 3.00 bits per heavy atom. The Kier molecular flexibility index (Phi) is 2.74. The summed E-state index contributed by atoms with van der Waals surface area (Å²) in [5, 5.41) is 5.72. The van der Waals surface area contributed by atoms with Gasteiger partial charge in [-0.25, -0.2) is 4.98 Å².